The number of fused-ring (bicyclic) bond motifs is 1. The summed E-state index contributed by atoms with van der Waals surface area (Å²) in [6, 6.07) is 6.88. The van der Waals surface area contributed by atoms with E-state index in [1.807, 2.05) is 0 Å². The number of ether oxygens (including phenoxy) is 1. The number of benzene rings is 1. The molecule has 0 amide bonds. The van der Waals surface area contributed by atoms with Crippen LogP contribution in [0.5, 0.6) is 0 Å². The normalized spacial score (nSPS) is 10.4. The average molecular weight is 238 g/mol. The van der Waals surface area contributed by atoms with Gasteiger partial charge in [-0.05, 0) is 0 Å². The van der Waals surface area contributed by atoms with Gasteiger partial charge >= 0.3 is 5.97 Å². The van der Waals surface area contributed by atoms with Gasteiger partial charge in [-0.3, -0.25) is 4.79 Å². The van der Waals surface area contributed by atoms with Gasteiger partial charge in [0.15, 0.2) is 0 Å². The van der Waals surface area contributed by atoms with Gasteiger partial charge in [0, 0.05) is 10.8 Å². The van der Waals surface area contributed by atoms with Crippen LogP contribution in [0.3, 0.4) is 0 Å². The number of rotatable bonds is 1. The van der Waals surface area contributed by atoms with Gasteiger partial charge in [0.05, 0.1) is 7.11 Å². The first-order chi connectivity index (χ1) is 7.65. The minimum Gasteiger partial charge on any atom is -0.464 e. The van der Waals surface area contributed by atoms with Crippen LogP contribution in [-0.2, 0) is 4.74 Å². The van der Waals surface area contributed by atoms with Crippen molar-refractivity contribution >= 4 is 28.3 Å². The Morgan fingerprint density at radius 3 is 2.56 bits per heavy atom. The highest BCUT2D eigenvalue weighted by Crippen LogP contribution is 2.21. The maximum absolute atomic E-state index is 11.5. The van der Waals surface area contributed by atoms with Gasteiger partial charge in [-0.1, -0.05) is 35.9 Å². The molecule has 0 saturated heterocycles. The van der Waals surface area contributed by atoms with Crippen molar-refractivity contribution in [2.75, 3.05) is 7.11 Å². The predicted molar refractivity (Wildman–Crippen MR) is 60.9 cm³/mol. The second-order valence-electron chi connectivity index (χ2n) is 3.18. The van der Waals surface area contributed by atoms with Gasteiger partial charge in [-0.15, -0.1) is 0 Å². The molecule has 0 spiro atoms. The Kier molecular flexibility index (Phi) is 2.66. The van der Waals surface area contributed by atoms with E-state index < -0.39 is 11.5 Å². The van der Waals surface area contributed by atoms with Gasteiger partial charge < -0.3 is 9.72 Å². The molecule has 0 atom stereocenters. The second-order valence-corrected chi connectivity index (χ2v) is 3.56. The molecule has 0 aliphatic heterocycles. The summed E-state index contributed by atoms with van der Waals surface area (Å²) in [5.74, 6) is -0.593. The monoisotopic (exact) mass is 237 g/mol. The van der Waals surface area contributed by atoms with E-state index in [2.05, 4.69) is 9.72 Å². The number of pyridine rings is 1. The van der Waals surface area contributed by atoms with Crippen LogP contribution in [0.15, 0.2) is 29.1 Å². The molecule has 2 aromatic rings. The Balaban J connectivity index is 2.90. The van der Waals surface area contributed by atoms with Crippen LogP contribution in [0, 0.1) is 0 Å². The number of H-pyrrole nitrogens is 1. The molecule has 1 aromatic carbocycles. The highest BCUT2D eigenvalue weighted by atomic mass is 35.5. The molecular weight excluding hydrogens is 230 g/mol. The second kappa shape index (κ2) is 3.98. The van der Waals surface area contributed by atoms with E-state index in [1.54, 1.807) is 24.3 Å². The fourth-order valence-electron chi connectivity index (χ4n) is 1.51. The van der Waals surface area contributed by atoms with Crippen molar-refractivity contribution in [2.24, 2.45) is 0 Å². The van der Waals surface area contributed by atoms with E-state index in [-0.39, 0.29) is 10.7 Å². The predicted octanol–water partition coefficient (Wildman–Crippen LogP) is 1.97. The van der Waals surface area contributed by atoms with Crippen LogP contribution in [0.2, 0.25) is 5.02 Å². The highest BCUT2D eigenvalue weighted by Gasteiger charge is 2.14. The van der Waals surface area contributed by atoms with Crippen molar-refractivity contribution in [3.63, 3.8) is 0 Å². The summed E-state index contributed by atoms with van der Waals surface area (Å²) in [7, 11) is 1.25. The number of methoxy groups -OCH3 is 1. The Bertz CT molecular complexity index is 618. The number of nitrogens with one attached hydrogen (secondary N) is 1. The van der Waals surface area contributed by atoms with E-state index >= 15 is 0 Å². The van der Waals surface area contributed by atoms with Crippen molar-refractivity contribution in [3.05, 3.63) is 45.3 Å². The highest BCUT2D eigenvalue weighted by molar-refractivity contribution is 6.35. The quantitative estimate of drug-likeness (QED) is 0.772. The van der Waals surface area contributed by atoms with Crippen molar-refractivity contribution in [2.45, 2.75) is 0 Å². The van der Waals surface area contributed by atoms with E-state index in [1.165, 1.54) is 7.11 Å². The largest absolute Gasteiger partial charge is 0.464 e. The molecule has 1 aromatic heterocycles. The first-order valence-corrected chi connectivity index (χ1v) is 4.91. The lowest BCUT2D eigenvalue weighted by Gasteiger charge is -2.05. The molecule has 0 bridgehead atoms. The summed E-state index contributed by atoms with van der Waals surface area (Å²) < 4.78 is 4.59. The summed E-state index contributed by atoms with van der Waals surface area (Å²) in [4.78, 5) is 25.3. The minimum atomic E-state index is -0.593. The van der Waals surface area contributed by atoms with Crippen molar-refractivity contribution in [1.82, 2.24) is 4.98 Å². The fourth-order valence-corrected chi connectivity index (χ4v) is 1.73. The minimum absolute atomic E-state index is 0.0725. The smallest absolute Gasteiger partial charge is 0.355 e. The molecule has 0 aliphatic carbocycles. The van der Waals surface area contributed by atoms with E-state index in [4.69, 9.17) is 11.6 Å². The number of carbonyl (C=O) groups is 1. The molecule has 16 heavy (non-hydrogen) atoms. The molecule has 0 fully saturated rings. The Hall–Kier alpha value is -1.81. The molecule has 0 unspecified atom stereocenters. The summed E-state index contributed by atoms with van der Waals surface area (Å²) in [6.45, 7) is 0. The third-order valence-corrected chi connectivity index (χ3v) is 2.64. The molecule has 5 heteroatoms. The Morgan fingerprint density at radius 1 is 1.31 bits per heavy atom. The number of halogens is 1. The van der Waals surface area contributed by atoms with Gasteiger partial charge in [0.25, 0.3) is 5.56 Å². The van der Waals surface area contributed by atoms with Crippen LogP contribution in [0.25, 0.3) is 10.8 Å². The van der Waals surface area contributed by atoms with E-state index in [0.717, 1.165) is 0 Å². The molecule has 0 radical (unpaired) electrons. The van der Waals surface area contributed by atoms with Crippen LogP contribution < -0.4 is 5.56 Å². The van der Waals surface area contributed by atoms with E-state index in [9.17, 15) is 9.59 Å². The maximum Gasteiger partial charge on any atom is 0.355 e. The number of hydrogen-bond donors (Lipinski definition) is 1. The Morgan fingerprint density at radius 2 is 1.94 bits per heavy atom. The van der Waals surface area contributed by atoms with Crippen LogP contribution in [0.4, 0.5) is 0 Å². The molecule has 82 valence electrons. The van der Waals surface area contributed by atoms with Crippen LogP contribution >= 0.6 is 11.6 Å². The first-order valence-electron chi connectivity index (χ1n) is 4.54. The number of esters is 1. The van der Waals surface area contributed by atoms with Gasteiger partial charge in [-0.2, -0.15) is 0 Å². The van der Waals surface area contributed by atoms with Crippen molar-refractivity contribution in [3.8, 4) is 0 Å². The first kappa shape index (κ1) is 10.7. The van der Waals surface area contributed by atoms with Crippen LogP contribution in [0.1, 0.15) is 10.5 Å². The zero-order valence-corrected chi connectivity index (χ0v) is 9.17. The maximum atomic E-state index is 11.5. The Labute approximate surface area is 95.8 Å². The third-order valence-electron chi connectivity index (χ3n) is 2.26. The van der Waals surface area contributed by atoms with Gasteiger partial charge in [-0.25, -0.2) is 4.79 Å². The molecule has 0 saturated carbocycles. The molecular formula is C11H8ClNO3. The van der Waals surface area contributed by atoms with Gasteiger partial charge in [0.2, 0.25) is 0 Å². The molecule has 2 rings (SSSR count). The topological polar surface area (TPSA) is 59.2 Å². The lowest BCUT2D eigenvalue weighted by Crippen LogP contribution is -2.15. The molecule has 0 aliphatic rings. The lowest BCUT2D eigenvalue weighted by atomic mass is 10.1. The average Bonchev–Trinajstić information content (AvgIpc) is 2.33. The molecule has 1 heterocycles. The summed E-state index contributed by atoms with van der Waals surface area (Å²) >= 11 is 5.85. The summed E-state index contributed by atoms with van der Waals surface area (Å²) in [6.07, 6.45) is 0. The molecule has 4 nitrogen and oxygen atoms in total. The fraction of sp³-hybridized carbons (Fsp3) is 0.0909. The van der Waals surface area contributed by atoms with E-state index in [0.29, 0.717) is 10.8 Å². The van der Waals surface area contributed by atoms with Crippen molar-refractivity contribution in [1.29, 1.82) is 0 Å². The van der Waals surface area contributed by atoms with Crippen LogP contribution in [-0.4, -0.2) is 18.1 Å². The zero-order chi connectivity index (χ0) is 11.7. The standard InChI is InChI=1S/C11H8ClNO3/c1-16-11(15)9-7-5-3-2-4-6(7)8(12)10(14)13-9/h2-5H,1H3,(H,13,14). The number of carbonyl (C=O) groups excluding carboxylic acids is 1. The summed E-state index contributed by atoms with van der Waals surface area (Å²) in [5, 5.41) is 1.18. The lowest BCUT2D eigenvalue weighted by molar-refractivity contribution is 0.0596. The molecule has 1 N–H and O–H groups in total. The zero-order valence-electron chi connectivity index (χ0n) is 8.41. The number of aromatic nitrogens is 1. The number of hydrogen-bond acceptors (Lipinski definition) is 3. The summed E-state index contributed by atoms with van der Waals surface area (Å²) in [5.41, 5.74) is -0.381. The SMILES string of the molecule is COC(=O)c1[nH]c(=O)c(Cl)c2ccccc12. The number of aromatic amines is 1. The third kappa shape index (κ3) is 1.57. The van der Waals surface area contributed by atoms with Crippen molar-refractivity contribution < 1.29 is 9.53 Å². The van der Waals surface area contributed by atoms with Gasteiger partial charge in [0.1, 0.15) is 10.7 Å².